The zero-order valence-electron chi connectivity index (χ0n) is 10.7. The summed E-state index contributed by atoms with van der Waals surface area (Å²) < 4.78 is 13.4. The van der Waals surface area contributed by atoms with Crippen LogP contribution in [-0.4, -0.2) is 21.0 Å². The number of carbonyl (C=O) groups is 1. The van der Waals surface area contributed by atoms with Gasteiger partial charge in [-0.1, -0.05) is 11.8 Å². The fraction of sp³-hybridized carbons (Fsp3) is 0.0769. The third-order valence-corrected chi connectivity index (χ3v) is 3.71. The second kappa shape index (κ2) is 5.88. The molecule has 1 aromatic heterocycles. The van der Waals surface area contributed by atoms with Gasteiger partial charge in [-0.2, -0.15) is 0 Å². The van der Waals surface area contributed by atoms with Crippen LogP contribution in [0.2, 0.25) is 0 Å². The van der Waals surface area contributed by atoms with Gasteiger partial charge < -0.3 is 5.11 Å². The van der Waals surface area contributed by atoms with Gasteiger partial charge in [-0.3, -0.25) is 10.1 Å². The topological polar surface area (TPSA) is 93.3 Å². The van der Waals surface area contributed by atoms with E-state index in [1.807, 2.05) is 0 Å². The van der Waals surface area contributed by atoms with E-state index in [-0.39, 0.29) is 21.0 Å². The molecule has 2 aromatic rings. The van der Waals surface area contributed by atoms with Gasteiger partial charge in [-0.25, -0.2) is 14.2 Å². The van der Waals surface area contributed by atoms with Crippen molar-refractivity contribution in [3.05, 3.63) is 57.5 Å². The largest absolute Gasteiger partial charge is 0.478 e. The number of carboxylic acid groups (broad SMARTS) is 1. The van der Waals surface area contributed by atoms with Crippen LogP contribution in [0.25, 0.3) is 0 Å². The van der Waals surface area contributed by atoms with Crippen LogP contribution in [0.4, 0.5) is 10.1 Å². The Morgan fingerprint density at radius 3 is 2.81 bits per heavy atom. The Morgan fingerprint density at radius 1 is 1.48 bits per heavy atom. The summed E-state index contributed by atoms with van der Waals surface area (Å²) in [5.74, 6) is -1.88. The zero-order chi connectivity index (χ0) is 15.6. The Labute approximate surface area is 122 Å². The molecule has 2 rings (SSSR count). The summed E-state index contributed by atoms with van der Waals surface area (Å²) in [4.78, 5) is 25.4. The molecule has 0 spiro atoms. The van der Waals surface area contributed by atoms with Crippen molar-refractivity contribution in [1.82, 2.24) is 4.98 Å². The Kier molecular flexibility index (Phi) is 4.18. The molecule has 0 saturated carbocycles. The van der Waals surface area contributed by atoms with E-state index < -0.39 is 22.4 Å². The van der Waals surface area contributed by atoms with Crippen molar-refractivity contribution in [2.45, 2.75) is 16.8 Å². The number of hydrogen-bond donors (Lipinski definition) is 1. The molecule has 21 heavy (non-hydrogen) atoms. The van der Waals surface area contributed by atoms with Crippen LogP contribution in [0, 0.1) is 22.9 Å². The first-order chi connectivity index (χ1) is 9.90. The second-order valence-electron chi connectivity index (χ2n) is 4.09. The molecular formula is C13H9FN2O4S. The quantitative estimate of drug-likeness (QED) is 0.688. The molecule has 6 nitrogen and oxygen atoms in total. The fourth-order valence-corrected chi connectivity index (χ4v) is 2.67. The van der Waals surface area contributed by atoms with Crippen molar-refractivity contribution >= 4 is 23.4 Å². The average Bonchev–Trinajstić information content (AvgIpc) is 2.42. The molecule has 0 unspecified atom stereocenters. The molecule has 8 heteroatoms. The number of halogens is 1. The molecule has 0 saturated heterocycles. The van der Waals surface area contributed by atoms with E-state index in [9.17, 15) is 19.3 Å². The highest BCUT2D eigenvalue weighted by Gasteiger charge is 2.21. The van der Waals surface area contributed by atoms with Gasteiger partial charge >= 0.3 is 5.97 Å². The lowest BCUT2D eigenvalue weighted by Gasteiger charge is -2.06. The molecule has 0 bridgehead atoms. The number of pyridine rings is 1. The van der Waals surface area contributed by atoms with Crippen molar-refractivity contribution in [1.29, 1.82) is 0 Å². The van der Waals surface area contributed by atoms with Crippen molar-refractivity contribution in [2.75, 3.05) is 0 Å². The first-order valence-corrected chi connectivity index (χ1v) is 6.52. The molecule has 0 aliphatic heterocycles. The molecule has 0 fully saturated rings. The van der Waals surface area contributed by atoms with Crippen LogP contribution in [0.1, 0.15) is 15.9 Å². The molecule has 0 atom stereocenters. The Balaban J connectivity index is 2.52. The molecule has 0 aliphatic rings. The van der Waals surface area contributed by atoms with Gasteiger partial charge in [0.2, 0.25) is 0 Å². The summed E-state index contributed by atoms with van der Waals surface area (Å²) in [6.07, 6.45) is 1.39. The molecular weight excluding hydrogens is 299 g/mol. The van der Waals surface area contributed by atoms with Gasteiger partial charge in [-0.05, 0) is 30.7 Å². The third kappa shape index (κ3) is 3.16. The molecule has 0 amide bonds. The smallest absolute Gasteiger partial charge is 0.338 e. The van der Waals surface area contributed by atoms with Crippen molar-refractivity contribution in [3.8, 4) is 0 Å². The normalized spacial score (nSPS) is 10.4. The van der Waals surface area contributed by atoms with Crippen LogP contribution in [0.5, 0.6) is 0 Å². The first kappa shape index (κ1) is 14.9. The standard InChI is InChI=1S/C13H9FN2O4S/c1-7-5-11(10(16(19)20)6-9(7)14)21-12-8(13(17)18)3-2-4-15-12/h2-6H,1H3,(H,17,18). The minimum absolute atomic E-state index is 0.0706. The highest BCUT2D eigenvalue weighted by molar-refractivity contribution is 7.99. The second-order valence-corrected chi connectivity index (χ2v) is 5.12. The minimum atomic E-state index is -1.19. The maximum Gasteiger partial charge on any atom is 0.338 e. The van der Waals surface area contributed by atoms with Gasteiger partial charge in [0.1, 0.15) is 10.8 Å². The summed E-state index contributed by atoms with van der Waals surface area (Å²) in [7, 11) is 0. The summed E-state index contributed by atoms with van der Waals surface area (Å²) in [6.45, 7) is 1.47. The predicted octanol–water partition coefficient (Wildman–Crippen LogP) is 3.29. The van der Waals surface area contributed by atoms with Gasteiger partial charge in [0, 0.05) is 6.20 Å². The number of aryl methyl sites for hydroxylation is 1. The van der Waals surface area contributed by atoms with Gasteiger partial charge in [0.15, 0.2) is 0 Å². The molecule has 0 radical (unpaired) electrons. The van der Waals surface area contributed by atoms with Crippen LogP contribution < -0.4 is 0 Å². The van der Waals surface area contributed by atoms with Crippen LogP contribution in [0.3, 0.4) is 0 Å². The number of benzene rings is 1. The van der Waals surface area contributed by atoms with E-state index in [4.69, 9.17) is 5.11 Å². The lowest BCUT2D eigenvalue weighted by atomic mass is 10.2. The number of carboxylic acids is 1. The SMILES string of the molecule is Cc1cc(Sc2ncccc2C(=O)O)c([N+](=O)[O-])cc1F. The van der Waals surface area contributed by atoms with E-state index in [1.165, 1.54) is 31.3 Å². The van der Waals surface area contributed by atoms with Crippen molar-refractivity contribution < 1.29 is 19.2 Å². The maximum absolute atomic E-state index is 13.4. The lowest BCUT2D eigenvalue weighted by molar-refractivity contribution is -0.387. The number of aromatic nitrogens is 1. The predicted molar refractivity (Wildman–Crippen MR) is 73.1 cm³/mol. The van der Waals surface area contributed by atoms with E-state index >= 15 is 0 Å². The van der Waals surface area contributed by atoms with Crippen LogP contribution in [0.15, 0.2) is 40.4 Å². The minimum Gasteiger partial charge on any atom is -0.478 e. The number of nitro groups is 1. The van der Waals surface area contributed by atoms with E-state index in [2.05, 4.69) is 4.98 Å². The molecule has 1 heterocycles. The van der Waals surface area contributed by atoms with E-state index in [1.54, 1.807) is 0 Å². The number of rotatable bonds is 4. The van der Waals surface area contributed by atoms with Crippen molar-refractivity contribution in [3.63, 3.8) is 0 Å². The summed E-state index contributed by atoms with van der Waals surface area (Å²) in [5, 5.41) is 20.2. The van der Waals surface area contributed by atoms with E-state index in [0.717, 1.165) is 17.8 Å². The maximum atomic E-state index is 13.4. The first-order valence-electron chi connectivity index (χ1n) is 5.71. The molecule has 108 valence electrons. The summed E-state index contributed by atoms with van der Waals surface area (Å²) >= 11 is 0.820. The number of nitrogens with zero attached hydrogens (tertiary/aromatic N) is 2. The zero-order valence-corrected chi connectivity index (χ0v) is 11.6. The Bertz CT molecular complexity index is 736. The fourth-order valence-electron chi connectivity index (χ4n) is 1.61. The van der Waals surface area contributed by atoms with E-state index in [0.29, 0.717) is 0 Å². The van der Waals surface area contributed by atoms with Gasteiger partial charge in [0.05, 0.1) is 21.4 Å². The monoisotopic (exact) mass is 308 g/mol. The molecule has 1 aromatic carbocycles. The molecule has 1 N–H and O–H groups in total. The van der Waals surface area contributed by atoms with Gasteiger partial charge in [0.25, 0.3) is 5.69 Å². The number of hydrogen-bond acceptors (Lipinski definition) is 5. The van der Waals surface area contributed by atoms with Gasteiger partial charge in [-0.15, -0.1) is 0 Å². The average molecular weight is 308 g/mol. The van der Waals surface area contributed by atoms with Crippen molar-refractivity contribution in [2.24, 2.45) is 0 Å². The number of aromatic carboxylic acids is 1. The van der Waals surface area contributed by atoms with Crippen LogP contribution in [-0.2, 0) is 0 Å². The van der Waals surface area contributed by atoms with Crippen LogP contribution >= 0.6 is 11.8 Å². The summed E-state index contributed by atoms with van der Waals surface area (Å²) in [5.41, 5.74) is -0.264. The lowest BCUT2D eigenvalue weighted by Crippen LogP contribution is -2.01. The number of nitro benzene ring substituents is 1. The Hall–Kier alpha value is -2.48. The highest BCUT2D eigenvalue weighted by Crippen LogP contribution is 2.36. The Morgan fingerprint density at radius 2 is 2.19 bits per heavy atom. The highest BCUT2D eigenvalue weighted by atomic mass is 32.2. The third-order valence-electron chi connectivity index (χ3n) is 2.65. The summed E-state index contributed by atoms with van der Waals surface area (Å²) in [6, 6.07) is 4.93. The molecule has 0 aliphatic carbocycles.